The smallest absolute Gasteiger partial charge is 0.369 e. The molecule has 2 atom stereocenters. The molecule has 2 aliphatic heterocycles. The number of aliphatic hydroxyl groups is 2. The number of hydrogen-bond donors (Lipinski definition) is 2. The molecule has 1 aromatic rings. The van der Waals surface area contributed by atoms with Crippen LogP contribution in [0.25, 0.3) is 0 Å². The van der Waals surface area contributed by atoms with E-state index in [1.165, 1.54) is 0 Å². The molecule has 22 heavy (non-hydrogen) atoms. The van der Waals surface area contributed by atoms with Crippen molar-refractivity contribution in [3.05, 3.63) is 10.1 Å². The Bertz CT molecular complexity index is 601. The average Bonchev–Trinajstić information content (AvgIpc) is 3.05. The molecule has 0 saturated carbocycles. The van der Waals surface area contributed by atoms with Crippen molar-refractivity contribution < 1.29 is 15.1 Å². The van der Waals surface area contributed by atoms with Crippen molar-refractivity contribution in [3.63, 3.8) is 0 Å². The van der Waals surface area contributed by atoms with E-state index in [1.807, 2.05) is 4.90 Å². The van der Waals surface area contributed by atoms with Crippen LogP contribution in [0.3, 0.4) is 0 Å². The molecule has 0 amide bonds. The maximum Gasteiger partial charge on any atom is 0.369 e. The van der Waals surface area contributed by atoms with Crippen molar-refractivity contribution in [2.45, 2.75) is 37.9 Å². The zero-order valence-electron chi connectivity index (χ0n) is 12.7. The van der Waals surface area contributed by atoms with Gasteiger partial charge in [0.15, 0.2) is 5.13 Å². The van der Waals surface area contributed by atoms with Crippen molar-refractivity contribution in [1.82, 2.24) is 4.98 Å². The molecule has 122 valence electrons. The standard InChI is InChI=1S/C13H20N4O4S/c1-12(18)3-5-15(7-12)9-10(17(20)21)22-11(14-9)16-6-4-13(2,19)8-16/h18-19H,3-8H2,1-2H3. The maximum absolute atomic E-state index is 11.3. The first-order valence-electron chi connectivity index (χ1n) is 7.27. The monoisotopic (exact) mass is 328 g/mol. The number of nitrogens with zero attached hydrogens (tertiary/aromatic N) is 4. The molecule has 2 fully saturated rings. The Morgan fingerprint density at radius 1 is 1.18 bits per heavy atom. The normalized spacial score (nSPS) is 32.0. The van der Waals surface area contributed by atoms with E-state index in [0.717, 1.165) is 11.3 Å². The Balaban J connectivity index is 1.89. The van der Waals surface area contributed by atoms with E-state index in [9.17, 15) is 20.3 Å². The minimum Gasteiger partial charge on any atom is -0.388 e. The number of β-amino-alcohol motifs (C(OH)–C–C–N with tert-alkyl or cyclic N) is 2. The number of rotatable bonds is 3. The van der Waals surface area contributed by atoms with Crippen LogP contribution >= 0.6 is 11.3 Å². The summed E-state index contributed by atoms with van der Waals surface area (Å²) in [6.45, 7) is 5.44. The van der Waals surface area contributed by atoms with E-state index < -0.39 is 16.1 Å². The predicted molar refractivity (Wildman–Crippen MR) is 83.7 cm³/mol. The van der Waals surface area contributed by atoms with Gasteiger partial charge in [-0.2, -0.15) is 4.98 Å². The molecule has 2 unspecified atom stereocenters. The van der Waals surface area contributed by atoms with Crippen molar-refractivity contribution in [1.29, 1.82) is 0 Å². The van der Waals surface area contributed by atoms with Gasteiger partial charge in [0.25, 0.3) is 0 Å². The molecule has 2 N–H and O–H groups in total. The number of nitro groups is 1. The van der Waals surface area contributed by atoms with E-state index >= 15 is 0 Å². The van der Waals surface area contributed by atoms with E-state index in [2.05, 4.69) is 4.98 Å². The third kappa shape index (κ3) is 2.88. The minimum atomic E-state index is -0.838. The third-order valence-corrected chi connectivity index (χ3v) is 5.28. The second-order valence-corrected chi connectivity index (χ2v) is 7.68. The largest absolute Gasteiger partial charge is 0.388 e. The maximum atomic E-state index is 11.3. The molecule has 0 aromatic carbocycles. The van der Waals surface area contributed by atoms with Crippen LogP contribution in [0.1, 0.15) is 26.7 Å². The zero-order valence-corrected chi connectivity index (χ0v) is 13.5. The fraction of sp³-hybridized carbons (Fsp3) is 0.769. The van der Waals surface area contributed by atoms with Crippen LogP contribution in [0.4, 0.5) is 16.0 Å². The first kappa shape index (κ1) is 15.4. The molecule has 0 bridgehead atoms. The van der Waals surface area contributed by atoms with Crippen LogP contribution in [-0.4, -0.2) is 57.5 Å². The highest BCUT2D eigenvalue weighted by molar-refractivity contribution is 7.19. The number of thiazole rings is 1. The summed E-state index contributed by atoms with van der Waals surface area (Å²) in [7, 11) is 0. The summed E-state index contributed by atoms with van der Waals surface area (Å²) in [4.78, 5) is 19.0. The topological polar surface area (TPSA) is 103 Å². The van der Waals surface area contributed by atoms with E-state index in [1.54, 1.807) is 18.7 Å². The van der Waals surface area contributed by atoms with Crippen molar-refractivity contribution >= 4 is 27.3 Å². The van der Waals surface area contributed by atoms with Crippen molar-refractivity contribution in [2.75, 3.05) is 36.0 Å². The Labute approximate surface area is 132 Å². The lowest BCUT2D eigenvalue weighted by Gasteiger charge is -2.19. The fourth-order valence-corrected chi connectivity index (χ4v) is 3.92. The lowest BCUT2D eigenvalue weighted by molar-refractivity contribution is -0.379. The Morgan fingerprint density at radius 2 is 1.73 bits per heavy atom. The van der Waals surface area contributed by atoms with Crippen LogP contribution in [0.2, 0.25) is 0 Å². The third-order valence-electron chi connectivity index (χ3n) is 4.22. The van der Waals surface area contributed by atoms with Crippen LogP contribution in [-0.2, 0) is 0 Å². The summed E-state index contributed by atoms with van der Waals surface area (Å²) in [6, 6.07) is 0. The van der Waals surface area contributed by atoms with Gasteiger partial charge in [-0.3, -0.25) is 10.1 Å². The van der Waals surface area contributed by atoms with Crippen molar-refractivity contribution in [2.24, 2.45) is 0 Å². The predicted octanol–water partition coefficient (Wildman–Crippen LogP) is 0.974. The van der Waals surface area contributed by atoms with Gasteiger partial charge in [0.2, 0.25) is 5.82 Å². The fourth-order valence-electron chi connectivity index (χ4n) is 2.99. The van der Waals surface area contributed by atoms with Crippen LogP contribution < -0.4 is 9.80 Å². The van der Waals surface area contributed by atoms with Gasteiger partial charge in [0.1, 0.15) is 0 Å². The summed E-state index contributed by atoms with van der Waals surface area (Å²) in [5.74, 6) is 0.328. The van der Waals surface area contributed by atoms with Gasteiger partial charge in [-0.05, 0) is 38.0 Å². The summed E-state index contributed by atoms with van der Waals surface area (Å²) in [6.07, 6.45) is 1.18. The molecule has 9 heteroatoms. The van der Waals surface area contributed by atoms with Crippen LogP contribution in [0.5, 0.6) is 0 Å². The summed E-state index contributed by atoms with van der Waals surface area (Å²) >= 11 is 1.03. The molecule has 8 nitrogen and oxygen atoms in total. The lowest BCUT2D eigenvalue weighted by Crippen LogP contribution is -2.30. The Kier molecular flexibility index (Phi) is 3.54. The van der Waals surface area contributed by atoms with Gasteiger partial charge in [0, 0.05) is 26.2 Å². The molecule has 2 saturated heterocycles. The van der Waals surface area contributed by atoms with E-state index in [-0.39, 0.29) is 5.00 Å². The van der Waals surface area contributed by atoms with Gasteiger partial charge in [0.05, 0.1) is 16.1 Å². The van der Waals surface area contributed by atoms with Gasteiger partial charge in [-0.1, -0.05) is 0 Å². The zero-order chi connectivity index (χ0) is 16.1. The molecule has 0 spiro atoms. The van der Waals surface area contributed by atoms with E-state index in [4.69, 9.17) is 0 Å². The van der Waals surface area contributed by atoms with E-state index in [0.29, 0.717) is 50.0 Å². The molecule has 3 heterocycles. The highest BCUT2D eigenvalue weighted by Gasteiger charge is 2.39. The van der Waals surface area contributed by atoms with Gasteiger partial charge >= 0.3 is 5.00 Å². The summed E-state index contributed by atoms with van der Waals surface area (Å²) in [5.41, 5.74) is -1.62. The van der Waals surface area contributed by atoms with Gasteiger partial charge < -0.3 is 20.0 Å². The van der Waals surface area contributed by atoms with Gasteiger partial charge in [-0.25, -0.2) is 0 Å². The SMILES string of the molecule is CC1(O)CCN(c2nc(N3CCC(C)(O)C3)c([N+](=O)[O-])s2)C1. The lowest BCUT2D eigenvalue weighted by atomic mass is 10.1. The number of anilines is 2. The van der Waals surface area contributed by atoms with Crippen molar-refractivity contribution in [3.8, 4) is 0 Å². The number of aromatic nitrogens is 1. The second kappa shape index (κ2) is 5.04. The molecular formula is C13H20N4O4S. The molecule has 2 aliphatic rings. The molecule has 0 radical (unpaired) electrons. The minimum absolute atomic E-state index is 0.000701. The van der Waals surface area contributed by atoms with Gasteiger partial charge in [-0.15, -0.1) is 0 Å². The highest BCUT2D eigenvalue weighted by atomic mass is 32.1. The first-order valence-corrected chi connectivity index (χ1v) is 8.08. The molecule has 3 rings (SSSR count). The summed E-state index contributed by atoms with van der Waals surface area (Å²) < 4.78 is 0. The average molecular weight is 328 g/mol. The first-order chi connectivity index (χ1) is 10.2. The van der Waals surface area contributed by atoms with Crippen LogP contribution in [0, 0.1) is 10.1 Å². The second-order valence-electron chi connectivity index (χ2n) is 6.72. The molecular weight excluding hydrogens is 308 g/mol. The summed E-state index contributed by atoms with van der Waals surface area (Å²) in [5, 5.41) is 32.0. The van der Waals surface area contributed by atoms with Crippen LogP contribution in [0.15, 0.2) is 0 Å². The Hall–Kier alpha value is -1.45. The Morgan fingerprint density at radius 3 is 2.18 bits per heavy atom. The quantitative estimate of drug-likeness (QED) is 0.629. The molecule has 1 aromatic heterocycles. The highest BCUT2D eigenvalue weighted by Crippen LogP contribution is 2.42. The number of hydrogen-bond acceptors (Lipinski definition) is 8. The molecule has 0 aliphatic carbocycles.